The molecule has 22 heavy (non-hydrogen) atoms. The molecule has 0 bridgehead atoms. The first-order chi connectivity index (χ1) is 10.4. The zero-order valence-electron chi connectivity index (χ0n) is 13.8. The van der Waals surface area contributed by atoms with Crippen molar-refractivity contribution in [2.24, 2.45) is 0 Å². The Balaban J connectivity index is 2.14. The maximum absolute atomic E-state index is 13.2. The highest BCUT2D eigenvalue weighted by Crippen LogP contribution is 2.43. The first-order valence-electron chi connectivity index (χ1n) is 7.91. The van der Waals surface area contributed by atoms with E-state index in [0.717, 1.165) is 23.2 Å². The molecular formula is C20H23NO. The van der Waals surface area contributed by atoms with Gasteiger partial charge in [-0.15, -0.1) is 0 Å². The van der Waals surface area contributed by atoms with Crippen LogP contribution >= 0.6 is 0 Å². The van der Waals surface area contributed by atoms with Gasteiger partial charge in [-0.3, -0.25) is 4.79 Å². The second-order valence-corrected chi connectivity index (χ2v) is 6.93. The second-order valence-electron chi connectivity index (χ2n) is 6.93. The molecule has 2 aromatic carbocycles. The van der Waals surface area contributed by atoms with Crippen LogP contribution in [0, 0.1) is 6.92 Å². The highest BCUT2D eigenvalue weighted by Gasteiger charge is 2.40. The summed E-state index contributed by atoms with van der Waals surface area (Å²) in [5, 5.41) is 0. The molecule has 0 aliphatic carbocycles. The van der Waals surface area contributed by atoms with E-state index in [0.29, 0.717) is 5.92 Å². The van der Waals surface area contributed by atoms with Crippen LogP contribution < -0.4 is 4.90 Å². The lowest BCUT2D eigenvalue weighted by atomic mass is 9.79. The van der Waals surface area contributed by atoms with Gasteiger partial charge in [-0.1, -0.05) is 43.3 Å². The van der Waals surface area contributed by atoms with Gasteiger partial charge in [-0.2, -0.15) is 0 Å². The molecular weight excluding hydrogens is 270 g/mol. The van der Waals surface area contributed by atoms with E-state index in [2.05, 4.69) is 39.0 Å². The minimum absolute atomic E-state index is 0.0995. The molecule has 0 aromatic heterocycles. The number of carbonyl (C=O) groups excluding carboxylic acids is 1. The molecule has 0 radical (unpaired) electrons. The topological polar surface area (TPSA) is 20.3 Å². The number of nitrogens with zero attached hydrogens (tertiary/aromatic N) is 1. The lowest BCUT2D eigenvalue weighted by Crippen LogP contribution is -2.51. The Bertz CT molecular complexity index is 717. The predicted octanol–water partition coefficient (Wildman–Crippen LogP) is 4.93. The fourth-order valence-corrected chi connectivity index (χ4v) is 3.70. The van der Waals surface area contributed by atoms with E-state index >= 15 is 0 Å². The maximum atomic E-state index is 13.2. The van der Waals surface area contributed by atoms with Crippen molar-refractivity contribution >= 4 is 11.6 Å². The number of hydrogen-bond acceptors (Lipinski definition) is 1. The Labute approximate surface area is 132 Å². The largest absolute Gasteiger partial charge is 0.303 e. The maximum Gasteiger partial charge on any atom is 0.259 e. The minimum Gasteiger partial charge on any atom is -0.303 e. The monoisotopic (exact) mass is 293 g/mol. The molecule has 1 aliphatic heterocycles. The second kappa shape index (κ2) is 5.28. The quantitative estimate of drug-likeness (QED) is 0.730. The van der Waals surface area contributed by atoms with Crippen molar-refractivity contribution in [3.8, 4) is 0 Å². The average molecular weight is 293 g/mol. The normalized spacial score (nSPS) is 19.6. The lowest BCUT2D eigenvalue weighted by Gasteiger charge is -2.46. The first-order valence-corrected chi connectivity index (χ1v) is 7.91. The van der Waals surface area contributed by atoms with Crippen LogP contribution in [0.2, 0.25) is 0 Å². The third kappa shape index (κ3) is 2.33. The molecule has 0 N–H and O–H groups in total. The van der Waals surface area contributed by atoms with Crippen LogP contribution in [-0.2, 0) is 0 Å². The van der Waals surface area contributed by atoms with Gasteiger partial charge in [0.15, 0.2) is 0 Å². The van der Waals surface area contributed by atoms with Crippen molar-refractivity contribution in [2.45, 2.75) is 45.6 Å². The molecule has 0 fully saturated rings. The summed E-state index contributed by atoms with van der Waals surface area (Å²) in [6, 6.07) is 16.1. The molecule has 1 unspecified atom stereocenters. The Hall–Kier alpha value is -2.09. The van der Waals surface area contributed by atoms with Crippen molar-refractivity contribution in [3.63, 3.8) is 0 Å². The number of benzene rings is 2. The van der Waals surface area contributed by atoms with Gasteiger partial charge >= 0.3 is 0 Å². The molecule has 1 amide bonds. The zero-order chi connectivity index (χ0) is 15.9. The summed E-state index contributed by atoms with van der Waals surface area (Å²) >= 11 is 0. The number of aryl methyl sites for hydroxylation is 1. The lowest BCUT2D eigenvalue weighted by molar-refractivity contribution is 0.0953. The van der Waals surface area contributed by atoms with Crippen LogP contribution in [0.15, 0.2) is 48.5 Å². The molecule has 2 heteroatoms. The Kier molecular flexibility index (Phi) is 3.56. The standard InChI is InChI=1S/C20H23NO/c1-14-9-5-6-11-17(14)19(22)21-18-12-8-7-10-16(18)15(2)13-20(21,3)4/h5-12,15H,13H2,1-4H3. The van der Waals surface area contributed by atoms with Gasteiger partial charge in [0.2, 0.25) is 0 Å². The van der Waals surface area contributed by atoms with E-state index in [1.807, 2.05) is 42.2 Å². The van der Waals surface area contributed by atoms with Crippen LogP contribution in [0.5, 0.6) is 0 Å². The van der Waals surface area contributed by atoms with Gasteiger partial charge in [0.25, 0.3) is 5.91 Å². The van der Waals surface area contributed by atoms with Crippen molar-refractivity contribution in [3.05, 3.63) is 65.2 Å². The van der Waals surface area contributed by atoms with Gasteiger partial charge in [-0.05, 0) is 56.4 Å². The molecule has 1 aliphatic rings. The summed E-state index contributed by atoms with van der Waals surface area (Å²) in [7, 11) is 0. The van der Waals surface area contributed by atoms with Gasteiger partial charge in [-0.25, -0.2) is 0 Å². The summed E-state index contributed by atoms with van der Waals surface area (Å²) in [5.74, 6) is 0.564. The van der Waals surface area contributed by atoms with E-state index in [-0.39, 0.29) is 11.4 Å². The zero-order valence-corrected chi connectivity index (χ0v) is 13.8. The number of para-hydroxylation sites is 1. The van der Waals surface area contributed by atoms with E-state index in [9.17, 15) is 4.79 Å². The molecule has 1 atom stereocenters. The van der Waals surface area contributed by atoms with Crippen LogP contribution in [-0.4, -0.2) is 11.4 Å². The summed E-state index contributed by atoms with van der Waals surface area (Å²) in [6.07, 6.45) is 0.974. The molecule has 1 heterocycles. The minimum atomic E-state index is -0.187. The molecule has 0 spiro atoms. The Morgan fingerprint density at radius 2 is 1.73 bits per heavy atom. The highest BCUT2D eigenvalue weighted by atomic mass is 16.2. The third-order valence-corrected chi connectivity index (χ3v) is 4.70. The fourth-order valence-electron chi connectivity index (χ4n) is 3.70. The van der Waals surface area contributed by atoms with E-state index < -0.39 is 0 Å². The predicted molar refractivity (Wildman–Crippen MR) is 91.5 cm³/mol. The van der Waals surface area contributed by atoms with Crippen LogP contribution in [0.25, 0.3) is 0 Å². The van der Waals surface area contributed by atoms with Gasteiger partial charge in [0, 0.05) is 16.8 Å². The number of fused-ring (bicyclic) bond motifs is 1. The third-order valence-electron chi connectivity index (χ3n) is 4.70. The number of rotatable bonds is 1. The first kappa shape index (κ1) is 14.8. The van der Waals surface area contributed by atoms with Crippen molar-refractivity contribution in [1.29, 1.82) is 0 Å². The van der Waals surface area contributed by atoms with Gasteiger partial charge in [0.05, 0.1) is 0 Å². The molecule has 3 rings (SSSR count). The van der Waals surface area contributed by atoms with Crippen molar-refractivity contribution < 1.29 is 4.79 Å². The summed E-state index contributed by atoms with van der Waals surface area (Å²) in [5.41, 5.74) is 3.95. The summed E-state index contributed by atoms with van der Waals surface area (Å²) in [6.45, 7) is 8.57. The number of amides is 1. The van der Waals surface area contributed by atoms with Gasteiger partial charge < -0.3 is 4.90 Å². The number of hydrogen-bond donors (Lipinski definition) is 0. The number of anilines is 1. The smallest absolute Gasteiger partial charge is 0.259 e. The van der Waals surface area contributed by atoms with E-state index in [1.54, 1.807) is 0 Å². The SMILES string of the molecule is Cc1ccccc1C(=O)N1c2ccccc2C(C)CC1(C)C. The Morgan fingerprint density at radius 3 is 2.45 bits per heavy atom. The summed E-state index contributed by atoms with van der Waals surface area (Å²) in [4.78, 5) is 15.2. The average Bonchev–Trinajstić information content (AvgIpc) is 2.46. The molecule has 0 saturated heterocycles. The van der Waals surface area contributed by atoms with Crippen LogP contribution in [0.3, 0.4) is 0 Å². The van der Waals surface area contributed by atoms with Gasteiger partial charge in [0.1, 0.15) is 0 Å². The van der Waals surface area contributed by atoms with E-state index in [1.165, 1.54) is 5.56 Å². The fraction of sp³-hybridized carbons (Fsp3) is 0.350. The van der Waals surface area contributed by atoms with Crippen molar-refractivity contribution in [1.82, 2.24) is 0 Å². The molecule has 114 valence electrons. The van der Waals surface area contributed by atoms with Crippen molar-refractivity contribution in [2.75, 3.05) is 4.90 Å². The number of carbonyl (C=O) groups is 1. The summed E-state index contributed by atoms with van der Waals surface area (Å²) < 4.78 is 0. The van der Waals surface area contributed by atoms with E-state index in [4.69, 9.17) is 0 Å². The van der Waals surface area contributed by atoms with Crippen LogP contribution in [0.4, 0.5) is 5.69 Å². The Morgan fingerprint density at radius 1 is 1.09 bits per heavy atom. The molecule has 2 aromatic rings. The molecule has 0 saturated carbocycles. The highest BCUT2D eigenvalue weighted by molar-refractivity contribution is 6.08. The molecule has 2 nitrogen and oxygen atoms in total. The van der Waals surface area contributed by atoms with Crippen LogP contribution in [0.1, 0.15) is 54.6 Å².